The Bertz CT molecular complexity index is 588. The van der Waals surface area contributed by atoms with Crippen LogP contribution in [0.4, 0.5) is 0 Å². The molecule has 0 amide bonds. The van der Waals surface area contributed by atoms with Gasteiger partial charge in [0.15, 0.2) is 0 Å². The van der Waals surface area contributed by atoms with Crippen LogP contribution in [0.25, 0.3) is 11.0 Å². The second-order valence-electron chi connectivity index (χ2n) is 4.91. The quantitative estimate of drug-likeness (QED) is 0.771. The van der Waals surface area contributed by atoms with Crippen molar-refractivity contribution >= 4 is 34.2 Å². The number of benzene rings is 1. The van der Waals surface area contributed by atoms with Crippen LogP contribution < -0.4 is 0 Å². The summed E-state index contributed by atoms with van der Waals surface area (Å²) in [5.41, 5.74) is 1.92. The fourth-order valence-electron chi connectivity index (χ4n) is 2.72. The van der Waals surface area contributed by atoms with E-state index in [9.17, 15) is 0 Å². The highest BCUT2D eigenvalue weighted by molar-refractivity contribution is 6.35. The van der Waals surface area contributed by atoms with Gasteiger partial charge in [0.2, 0.25) is 0 Å². The third-order valence-corrected chi connectivity index (χ3v) is 4.10. The Hall–Kier alpha value is -0.770. The summed E-state index contributed by atoms with van der Waals surface area (Å²) in [4.78, 5) is 4.65. The van der Waals surface area contributed by atoms with Gasteiger partial charge in [0.25, 0.3) is 0 Å². The molecular weight excluding hydrogens is 283 g/mol. The molecule has 1 aromatic carbocycles. The third-order valence-electron chi connectivity index (χ3n) is 3.60. The van der Waals surface area contributed by atoms with Gasteiger partial charge in [-0.1, -0.05) is 17.7 Å². The molecule has 0 bridgehead atoms. The molecule has 0 saturated carbocycles. The van der Waals surface area contributed by atoms with Gasteiger partial charge in [0.1, 0.15) is 5.82 Å². The average molecular weight is 299 g/mol. The van der Waals surface area contributed by atoms with E-state index >= 15 is 0 Å². The molecule has 1 aliphatic heterocycles. The van der Waals surface area contributed by atoms with Crippen LogP contribution in [0, 0.1) is 0 Å². The first kappa shape index (κ1) is 13.2. The number of alkyl halides is 1. The molecule has 1 unspecified atom stereocenters. The van der Waals surface area contributed by atoms with Crippen molar-refractivity contribution in [2.45, 2.75) is 31.2 Å². The van der Waals surface area contributed by atoms with Crippen molar-refractivity contribution in [1.82, 2.24) is 9.55 Å². The second-order valence-corrected chi connectivity index (χ2v) is 5.97. The molecule has 1 fully saturated rings. The topological polar surface area (TPSA) is 27.1 Å². The van der Waals surface area contributed by atoms with Gasteiger partial charge in [0.05, 0.1) is 21.4 Å². The highest BCUT2D eigenvalue weighted by Gasteiger charge is 2.24. The van der Waals surface area contributed by atoms with E-state index in [-0.39, 0.29) is 5.38 Å². The lowest BCUT2D eigenvalue weighted by Gasteiger charge is -2.26. The number of para-hydroxylation sites is 1. The van der Waals surface area contributed by atoms with Gasteiger partial charge in [0, 0.05) is 19.3 Å². The van der Waals surface area contributed by atoms with Gasteiger partial charge in [-0.15, -0.1) is 11.6 Å². The Morgan fingerprint density at radius 1 is 1.37 bits per heavy atom. The van der Waals surface area contributed by atoms with Crippen molar-refractivity contribution in [2.75, 3.05) is 13.2 Å². The van der Waals surface area contributed by atoms with Crippen molar-refractivity contribution in [3.8, 4) is 0 Å². The van der Waals surface area contributed by atoms with Crippen LogP contribution in [-0.4, -0.2) is 22.8 Å². The minimum absolute atomic E-state index is 0.133. The molecule has 0 spiro atoms. The minimum atomic E-state index is -0.133. The first-order chi connectivity index (χ1) is 9.18. The SMILES string of the molecule is CC(Cl)c1nc2cccc(Cl)c2n1C1CCOCC1. The van der Waals surface area contributed by atoms with E-state index in [2.05, 4.69) is 9.55 Å². The maximum Gasteiger partial charge on any atom is 0.128 e. The zero-order valence-electron chi connectivity index (χ0n) is 10.8. The highest BCUT2D eigenvalue weighted by atomic mass is 35.5. The average Bonchev–Trinajstić information content (AvgIpc) is 2.81. The maximum atomic E-state index is 6.36. The van der Waals surface area contributed by atoms with E-state index in [4.69, 9.17) is 27.9 Å². The summed E-state index contributed by atoms with van der Waals surface area (Å²) in [5, 5.41) is 0.603. The lowest BCUT2D eigenvalue weighted by atomic mass is 10.1. The molecule has 102 valence electrons. The van der Waals surface area contributed by atoms with Gasteiger partial charge in [-0.3, -0.25) is 0 Å². The first-order valence-corrected chi connectivity index (χ1v) is 7.38. The molecular formula is C14H16Cl2N2O. The third kappa shape index (κ3) is 2.35. The molecule has 2 aromatic rings. The molecule has 5 heteroatoms. The Balaban J connectivity index is 2.20. The maximum absolute atomic E-state index is 6.36. The van der Waals surface area contributed by atoms with Crippen molar-refractivity contribution in [3.63, 3.8) is 0 Å². The monoisotopic (exact) mass is 298 g/mol. The summed E-state index contributed by atoms with van der Waals surface area (Å²) in [5.74, 6) is 0.900. The van der Waals surface area contributed by atoms with Crippen LogP contribution in [-0.2, 0) is 4.74 Å². The number of imidazole rings is 1. The summed E-state index contributed by atoms with van der Waals surface area (Å²) in [7, 11) is 0. The van der Waals surface area contributed by atoms with Crippen LogP contribution in [0.15, 0.2) is 18.2 Å². The smallest absolute Gasteiger partial charge is 0.128 e. The first-order valence-electron chi connectivity index (χ1n) is 6.56. The van der Waals surface area contributed by atoms with Crippen LogP contribution in [0.5, 0.6) is 0 Å². The summed E-state index contributed by atoms with van der Waals surface area (Å²) in [6.45, 7) is 3.52. The van der Waals surface area contributed by atoms with E-state index in [0.717, 1.165) is 47.9 Å². The number of fused-ring (bicyclic) bond motifs is 1. The summed E-state index contributed by atoms with van der Waals surface area (Å²) in [6.07, 6.45) is 1.96. The minimum Gasteiger partial charge on any atom is -0.381 e. The van der Waals surface area contributed by atoms with E-state index in [1.807, 2.05) is 25.1 Å². The molecule has 3 nitrogen and oxygen atoms in total. The van der Waals surface area contributed by atoms with Crippen molar-refractivity contribution in [1.29, 1.82) is 0 Å². The van der Waals surface area contributed by atoms with E-state index in [0.29, 0.717) is 6.04 Å². The van der Waals surface area contributed by atoms with Crippen molar-refractivity contribution < 1.29 is 4.74 Å². The number of aromatic nitrogens is 2. The molecule has 1 atom stereocenters. The molecule has 0 aliphatic carbocycles. The molecule has 2 heterocycles. The number of ether oxygens (including phenoxy) is 1. The molecule has 3 rings (SSSR count). The molecule has 0 N–H and O–H groups in total. The lowest BCUT2D eigenvalue weighted by Crippen LogP contribution is -2.21. The molecule has 1 aliphatic rings. The summed E-state index contributed by atoms with van der Waals surface area (Å²) in [6, 6.07) is 6.19. The number of hydrogen-bond acceptors (Lipinski definition) is 2. The van der Waals surface area contributed by atoms with E-state index in [1.165, 1.54) is 0 Å². The summed E-state index contributed by atoms with van der Waals surface area (Å²) < 4.78 is 7.66. The molecule has 0 radical (unpaired) electrons. The van der Waals surface area contributed by atoms with Gasteiger partial charge in [-0.2, -0.15) is 0 Å². The number of hydrogen-bond donors (Lipinski definition) is 0. The van der Waals surface area contributed by atoms with Crippen molar-refractivity contribution in [2.24, 2.45) is 0 Å². The largest absolute Gasteiger partial charge is 0.381 e. The van der Waals surface area contributed by atoms with E-state index < -0.39 is 0 Å². The zero-order chi connectivity index (χ0) is 13.4. The van der Waals surface area contributed by atoms with Crippen LogP contribution >= 0.6 is 23.2 Å². The van der Waals surface area contributed by atoms with Crippen LogP contribution in [0.1, 0.15) is 37.0 Å². The predicted molar refractivity (Wildman–Crippen MR) is 78.1 cm³/mol. The Labute approximate surface area is 122 Å². The van der Waals surface area contributed by atoms with Crippen LogP contribution in [0.2, 0.25) is 5.02 Å². The second kappa shape index (κ2) is 5.31. The summed E-state index contributed by atoms with van der Waals surface area (Å²) >= 11 is 12.7. The molecule has 1 aromatic heterocycles. The molecule has 1 saturated heterocycles. The Morgan fingerprint density at radius 2 is 2.11 bits per heavy atom. The number of halogens is 2. The zero-order valence-corrected chi connectivity index (χ0v) is 12.3. The molecule has 19 heavy (non-hydrogen) atoms. The predicted octanol–water partition coefficient (Wildman–Crippen LogP) is 4.34. The van der Waals surface area contributed by atoms with E-state index in [1.54, 1.807) is 0 Å². The number of rotatable bonds is 2. The van der Waals surface area contributed by atoms with Gasteiger partial charge >= 0.3 is 0 Å². The van der Waals surface area contributed by atoms with Gasteiger partial charge < -0.3 is 9.30 Å². The lowest BCUT2D eigenvalue weighted by molar-refractivity contribution is 0.0698. The fourth-order valence-corrected chi connectivity index (χ4v) is 3.13. The standard InChI is InChI=1S/C14H16Cl2N2O/c1-9(15)14-17-12-4-2-3-11(16)13(12)18(14)10-5-7-19-8-6-10/h2-4,9-10H,5-8H2,1H3. The van der Waals surface area contributed by atoms with Gasteiger partial charge in [-0.05, 0) is 31.9 Å². The van der Waals surface area contributed by atoms with Crippen LogP contribution in [0.3, 0.4) is 0 Å². The van der Waals surface area contributed by atoms with Crippen molar-refractivity contribution in [3.05, 3.63) is 29.0 Å². The highest BCUT2D eigenvalue weighted by Crippen LogP contribution is 2.35. The normalized spacial score (nSPS) is 18.9. The van der Waals surface area contributed by atoms with Gasteiger partial charge in [-0.25, -0.2) is 4.98 Å². The Morgan fingerprint density at radius 3 is 2.79 bits per heavy atom. The fraction of sp³-hybridized carbons (Fsp3) is 0.500. The Kier molecular flexibility index (Phi) is 3.70. The number of nitrogens with zero attached hydrogens (tertiary/aromatic N) is 2.